The summed E-state index contributed by atoms with van der Waals surface area (Å²) >= 11 is 11.8. The first-order valence-corrected chi connectivity index (χ1v) is 8.80. The monoisotopic (exact) mass is 341 g/mol. The standard InChI is InChI=1S/C18H25Cl2NO/c1-2-3-4-5-6-7-8-13-21-18(22)12-10-15-9-11-16(19)17(20)14-15/h9-12,14H,2-8,13H2,1H3,(H,21,22). The van der Waals surface area contributed by atoms with Crippen molar-refractivity contribution in [3.8, 4) is 0 Å². The summed E-state index contributed by atoms with van der Waals surface area (Å²) in [5.74, 6) is -0.0722. The van der Waals surface area contributed by atoms with E-state index in [0.717, 1.165) is 18.5 Å². The molecule has 0 saturated heterocycles. The molecule has 22 heavy (non-hydrogen) atoms. The summed E-state index contributed by atoms with van der Waals surface area (Å²) in [7, 11) is 0. The lowest BCUT2D eigenvalue weighted by Crippen LogP contribution is -2.21. The summed E-state index contributed by atoms with van der Waals surface area (Å²) in [5, 5.41) is 3.90. The Labute approximate surface area is 143 Å². The third-order valence-corrected chi connectivity index (χ3v) is 4.19. The van der Waals surface area contributed by atoms with E-state index in [-0.39, 0.29) is 5.91 Å². The predicted octanol–water partition coefficient (Wildman–Crippen LogP) is 5.87. The van der Waals surface area contributed by atoms with E-state index in [1.807, 2.05) is 6.07 Å². The number of benzene rings is 1. The van der Waals surface area contributed by atoms with Crippen molar-refractivity contribution in [2.45, 2.75) is 51.9 Å². The van der Waals surface area contributed by atoms with Gasteiger partial charge in [0.15, 0.2) is 0 Å². The summed E-state index contributed by atoms with van der Waals surface area (Å²) in [4.78, 5) is 11.7. The zero-order valence-electron chi connectivity index (χ0n) is 13.2. The van der Waals surface area contributed by atoms with Crippen LogP contribution in [0.25, 0.3) is 6.08 Å². The number of unbranched alkanes of at least 4 members (excludes halogenated alkanes) is 6. The molecular formula is C18H25Cl2NO. The molecule has 122 valence electrons. The molecule has 2 nitrogen and oxygen atoms in total. The van der Waals surface area contributed by atoms with Gasteiger partial charge in [-0.05, 0) is 30.2 Å². The van der Waals surface area contributed by atoms with Crippen molar-refractivity contribution in [2.24, 2.45) is 0 Å². The quantitative estimate of drug-likeness (QED) is 0.418. The van der Waals surface area contributed by atoms with Crippen LogP contribution in [0.2, 0.25) is 10.0 Å². The Kier molecular flexibility index (Phi) is 10.0. The van der Waals surface area contributed by atoms with Gasteiger partial charge in [0.25, 0.3) is 0 Å². The maximum atomic E-state index is 11.7. The first-order chi connectivity index (χ1) is 10.6. The Morgan fingerprint density at radius 2 is 1.73 bits per heavy atom. The number of hydrogen-bond donors (Lipinski definition) is 1. The first kappa shape index (κ1) is 19.1. The van der Waals surface area contributed by atoms with E-state index in [4.69, 9.17) is 23.2 Å². The summed E-state index contributed by atoms with van der Waals surface area (Å²) < 4.78 is 0. The van der Waals surface area contributed by atoms with Gasteiger partial charge in [0, 0.05) is 12.6 Å². The number of amides is 1. The van der Waals surface area contributed by atoms with Crippen LogP contribution in [0.4, 0.5) is 0 Å². The summed E-state index contributed by atoms with van der Waals surface area (Å²) in [6, 6.07) is 5.29. The van der Waals surface area contributed by atoms with Crippen LogP contribution < -0.4 is 5.32 Å². The molecule has 1 aromatic carbocycles. The van der Waals surface area contributed by atoms with Gasteiger partial charge in [-0.3, -0.25) is 4.79 Å². The number of hydrogen-bond acceptors (Lipinski definition) is 1. The molecule has 1 amide bonds. The molecule has 0 aromatic heterocycles. The molecule has 0 saturated carbocycles. The number of halogens is 2. The maximum absolute atomic E-state index is 11.7. The van der Waals surface area contributed by atoms with Crippen molar-refractivity contribution in [3.05, 3.63) is 39.9 Å². The van der Waals surface area contributed by atoms with Gasteiger partial charge >= 0.3 is 0 Å². The number of rotatable bonds is 10. The molecule has 1 N–H and O–H groups in total. The minimum absolute atomic E-state index is 0.0722. The average molecular weight is 342 g/mol. The van der Waals surface area contributed by atoms with Crippen molar-refractivity contribution >= 4 is 35.2 Å². The summed E-state index contributed by atoms with van der Waals surface area (Å²) in [6.45, 7) is 2.96. The second-order valence-electron chi connectivity index (χ2n) is 5.42. The average Bonchev–Trinajstić information content (AvgIpc) is 2.51. The highest BCUT2D eigenvalue weighted by molar-refractivity contribution is 6.42. The van der Waals surface area contributed by atoms with Crippen LogP contribution in [-0.2, 0) is 4.79 Å². The molecule has 0 aliphatic rings. The number of carbonyl (C=O) groups is 1. The number of carbonyl (C=O) groups excluding carboxylic acids is 1. The van der Waals surface area contributed by atoms with Crippen LogP contribution in [-0.4, -0.2) is 12.5 Å². The van der Waals surface area contributed by atoms with Crippen molar-refractivity contribution in [1.29, 1.82) is 0 Å². The van der Waals surface area contributed by atoms with E-state index in [2.05, 4.69) is 12.2 Å². The highest BCUT2D eigenvalue weighted by atomic mass is 35.5. The van der Waals surface area contributed by atoms with E-state index >= 15 is 0 Å². The largest absolute Gasteiger partial charge is 0.353 e. The lowest BCUT2D eigenvalue weighted by Gasteiger charge is -2.03. The highest BCUT2D eigenvalue weighted by Gasteiger charge is 1.98. The molecular weight excluding hydrogens is 317 g/mol. The normalized spacial score (nSPS) is 11.0. The minimum Gasteiger partial charge on any atom is -0.353 e. The van der Waals surface area contributed by atoms with E-state index in [9.17, 15) is 4.79 Å². The summed E-state index contributed by atoms with van der Waals surface area (Å²) in [6.07, 6.45) is 12.0. The Bertz CT molecular complexity index is 486. The van der Waals surface area contributed by atoms with Gasteiger partial charge in [-0.1, -0.05) is 74.7 Å². The molecule has 0 aliphatic carbocycles. The fourth-order valence-corrected chi connectivity index (χ4v) is 2.45. The fourth-order valence-electron chi connectivity index (χ4n) is 2.14. The van der Waals surface area contributed by atoms with Crippen molar-refractivity contribution in [2.75, 3.05) is 6.54 Å². The predicted molar refractivity (Wildman–Crippen MR) is 96.5 cm³/mol. The van der Waals surface area contributed by atoms with Crippen LogP contribution in [0.15, 0.2) is 24.3 Å². The molecule has 4 heteroatoms. The molecule has 0 fully saturated rings. The van der Waals surface area contributed by atoms with Crippen LogP contribution in [0.5, 0.6) is 0 Å². The third-order valence-electron chi connectivity index (χ3n) is 3.45. The van der Waals surface area contributed by atoms with Gasteiger partial charge < -0.3 is 5.32 Å². The van der Waals surface area contributed by atoms with E-state index < -0.39 is 0 Å². The SMILES string of the molecule is CCCCCCCCCNC(=O)C=Cc1ccc(Cl)c(Cl)c1. The molecule has 0 radical (unpaired) electrons. The van der Waals surface area contributed by atoms with E-state index in [1.54, 1.807) is 18.2 Å². The van der Waals surface area contributed by atoms with Gasteiger partial charge in [0.05, 0.1) is 10.0 Å². The second-order valence-corrected chi connectivity index (χ2v) is 6.23. The lowest BCUT2D eigenvalue weighted by molar-refractivity contribution is -0.116. The molecule has 0 spiro atoms. The van der Waals surface area contributed by atoms with Crippen LogP contribution in [0.1, 0.15) is 57.4 Å². The zero-order valence-corrected chi connectivity index (χ0v) is 14.7. The topological polar surface area (TPSA) is 29.1 Å². The second kappa shape index (κ2) is 11.6. The zero-order chi connectivity index (χ0) is 16.2. The molecule has 0 aliphatic heterocycles. The Morgan fingerprint density at radius 3 is 2.41 bits per heavy atom. The van der Waals surface area contributed by atoms with Crippen molar-refractivity contribution < 1.29 is 4.79 Å². The molecule has 1 rings (SSSR count). The molecule has 0 atom stereocenters. The fraction of sp³-hybridized carbons (Fsp3) is 0.500. The van der Waals surface area contributed by atoms with E-state index in [0.29, 0.717) is 10.0 Å². The molecule has 0 unspecified atom stereocenters. The van der Waals surface area contributed by atoms with Crippen LogP contribution >= 0.6 is 23.2 Å². The van der Waals surface area contributed by atoms with Gasteiger partial charge in [-0.15, -0.1) is 0 Å². The van der Waals surface area contributed by atoms with Crippen molar-refractivity contribution in [3.63, 3.8) is 0 Å². The highest BCUT2D eigenvalue weighted by Crippen LogP contribution is 2.23. The Balaban J connectivity index is 2.15. The van der Waals surface area contributed by atoms with Gasteiger partial charge in [-0.25, -0.2) is 0 Å². The number of nitrogens with one attached hydrogen (secondary N) is 1. The van der Waals surface area contributed by atoms with E-state index in [1.165, 1.54) is 44.6 Å². The lowest BCUT2D eigenvalue weighted by atomic mass is 10.1. The molecule has 0 bridgehead atoms. The Hall–Kier alpha value is -0.990. The smallest absolute Gasteiger partial charge is 0.243 e. The van der Waals surface area contributed by atoms with Gasteiger partial charge in [0.1, 0.15) is 0 Å². The van der Waals surface area contributed by atoms with Gasteiger partial charge in [0.2, 0.25) is 5.91 Å². The Morgan fingerprint density at radius 1 is 1.05 bits per heavy atom. The van der Waals surface area contributed by atoms with Gasteiger partial charge in [-0.2, -0.15) is 0 Å². The molecule has 0 heterocycles. The minimum atomic E-state index is -0.0722. The first-order valence-electron chi connectivity index (χ1n) is 8.04. The van der Waals surface area contributed by atoms with Crippen LogP contribution in [0.3, 0.4) is 0 Å². The summed E-state index contributed by atoms with van der Waals surface area (Å²) in [5.41, 5.74) is 0.862. The maximum Gasteiger partial charge on any atom is 0.243 e. The molecule has 1 aromatic rings. The third kappa shape index (κ3) is 8.45. The van der Waals surface area contributed by atoms with Crippen molar-refractivity contribution in [1.82, 2.24) is 5.32 Å². The van der Waals surface area contributed by atoms with Crippen LogP contribution in [0, 0.1) is 0 Å².